The maximum atomic E-state index is 15.1. The van der Waals surface area contributed by atoms with Gasteiger partial charge in [0.15, 0.2) is 0 Å². The molecule has 0 radical (unpaired) electrons. The molecule has 2 aromatic rings. The van der Waals surface area contributed by atoms with E-state index in [-0.39, 0.29) is 24.4 Å². The summed E-state index contributed by atoms with van der Waals surface area (Å²) in [5, 5.41) is 13.2. The van der Waals surface area contributed by atoms with Crippen LogP contribution in [0.15, 0.2) is 24.3 Å². The maximum absolute atomic E-state index is 15.1. The van der Waals surface area contributed by atoms with Gasteiger partial charge < -0.3 is 10.4 Å². The van der Waals surface area contributed by atoms with E-state index in [1.54, 1.807) is 17.4 Å². The normalized spacial score (nSPS) is 18.8. The fourth-order valence-corrected chi connectivity index (χ4v) is 6.12. The van der Waals surface area contributed by atoms with Crippen molar-refractivity contribution < 1.29 is 14.3 Å². The lowest BCUT2D eigenvalue weighted by atomic mass is 9.88. The first kappa shape index (κ1) is 21.4. The van der Waals surface area contributed by atoms with E-state index in [1.807, 2.05) is 12.1 Å². The fraction of sp³-hybridized carbons (Fsp3) is 0.522. The lowest BCUT2D eigenvalue weighted by Gasteiger charge is -2.40. The van der Waals surface area contributed by atoms with Crippen LogP contribution in [-0.4, -0.2) is 60.1 Å². The van der Waals surface area contributed by atoms with Crippen LogP contribution in [-0.2, 0) is 17.6 Å². The summed E-state index contributed by atoms with van der Waals surface area (Å²) < 4.78 is 15.1. The van der Waals surface area contributed by atoms with Gasteiger partial charge in [-0.3, -0.25) is 14.6 Å². The first-order chi connectivity index (χ1) is 14.6. The molecule has 7 heteroatoms. The third-order valence-electron chi connectivity index (χ3n) is 6.16. The molecule has 162 valence electrons. The molecule has 4 rings (SSSR count). The van der Waals surface area contributed by atoms with Crippen molar-refractivity contribution >= 4 is 22.2 Å². The lowest BCUT2D eigenvalue weighted by molar-refractivity contribution is -0.114. The lowest BCUT2D eigenvalue weighted by Crippen LogP contribution is -2.48. The largest absolute Gasteiger partial charge is 0.395 e. The highest BCUT2D eigenvalue weighted by molar-refractivity contribution is 7.16. The molecule has 1 aromatic heterocycles. The number of carbonyl (C=O) groups is 1. The number of benzene rings is 1. The Morgan fingerprint density at radius 2 is 1.93 bits per heavy atom. The second-order valence-electron chi connectivity index (χ2n) is 8.16. The van der Waals surface area contributed by atoms with Crippen LogP contribution < -0.4 is 5.32 Å². The van der Waals surface area contributed by atoms with Crippen LogP contribution >= 0.6 is 11.3 Å². The van der Waals surface area contributed by atoms with Crippen molar-refractivity contribution in [1.82, 2.24) is 9.80 Å². The highest BCUT2D eigenvalue weighted by Gasteiger charge is 2.34. The molecule has 1 saturated heterocycles. The van der Waals surface area contributed by atoms with Crippen LogP contribution in [0.3, 0.4) is 0 Å². The van der Waals surface area contributed by atoms with Gasteiger partial charge in [0.25, 0.3) is 0 Å². The Kier molecular flexibility index (Phi) is 6.83. The average molecular weight is 432 g/mol. The molecular weight excluding hydrogens is 401 g/mol. The quantitative estimate of drug-likeness (QED) is 0.736. The van der Waals surface area contributed by atoms with Gasteiger partial charge in [-0.15, -0.1) is 11.3 Å². The zero-order valence-electron chi connectivity index (χ0n) is 17.5. The summed E-state index contributed by atoms with van der Waals surface area (Å²) in [5.41, 5.74) is 3.07. The number of amides is 1. The third-order valence-corrected chi connectivity index (χ3v) is 7.39. The molecule has 1 unspecified atom stereocenters. The molecule has 1 aromatic carbocycles. The van der Waals surface area contributed by atoms with E-state index in [2.05, 4.69) is 15.1 Å². The number of aliphatic hydroxyl groups excluding tert-OH is 1. The Hall–Kier alpha value is -1.80. The standard InChI is InChI=1S/C23H30FN3O2S/c1-16(29)25-23-21(18-7-3-5-9-20(18)30-23)22(17-6-2-4-8-19(17)24)27-12-10-26(11-13-27)14-15-28/h2,4,6,8,22,28H,3,5,7,9-15H2,1H3,(H,25,29). The minimum absolute atomic E-state index is 0.0881. The third kappa shape index (κ3) is 4.44. The molecule has 0 bridgehead atoms. The van der Waals surface area contributed by atoms with Gasteiger partial charge in [0.2, 0.25) is 5.91 Å². The Labute approximate surface area is 181 Å². The van der Waals surface area contributed by atoms with Gasteiger partial charge in [0.05, 0.1) is 12.6 Å². The highest BCUT2D eigenvalue weighted by atomic mass is 32.1. The second kappa shape index (κ2) is 9.56. The van der Waals surface area contributed by atoms with E-state index >= 15 is 4.39 Å². The molecule has 5 nitrogen and oxygen atoms in total. The number of halogens is 1. The number of hydrogen-bond donors (Lipinski definition) is 2. The van der Waals surface area contributed by atoms with Crippen LogP contribution in [0.1, 0.15) is 47.4 Å². The molecule has 30 heavy (non-hydrogen) atoms. The number of nitrogens with zero attached hydrogens (tertiary/aromatic N) is 2. The van der Waals surface area contributed by atoms with Crippen molar-refractivity contribution in [2.45, 2.75) is 38.6 Å². The maximum Gasteiger partial charge on any atom is 0.221 e. The summed E-state index contributed by atoms with van der Waals surface area (Å²) in [6.07, 6.45) is 4.30. The van der Waals surface area contributed by atoms with Crippen LogP contribution in [0, 0.1) is 5.82 Å². The van der Waals surface area contributed by atoms with E-state index < -0.39 is 0 Å². The molecule has 1 aliphatic heterocycles. The monoisotopic (exact) mass is 431 g/mol. The first-order valence-electron chi connectivity index (χ1n) is 10.8. The summed E-state index contributed by atoms with van der Waals surface area (Å²) in [5.74, 6) is -0.292. The van der Waals surface area contributed by atoms with Gasteiger partial charge in [0, 0.05) is 55.7 Å². The molecule has 2 N–H and O–H groups in total. The molecule has 1 atom stereocenters. The summed E-state index contributed by atoms with van der Waals surface area (Å²) in [7, 11) is 0. The summed E-state index contributed by atoms with van der Waals surface area (Å²) in [4.78, 5) is 17.9. The number of β-amino-alcohol motifs (C(OH)–C–C–N with tert-alkyl or cyclic N) is 1. The molecular formula is C23H30FN3O2S. The van der Waals surface area contributed by atoms with Crippen molar-refractivity contribution in [3.8, 4) is 0 Å². The molecule has 1 aliphatic carbocycles. The predicted molar refractivity (Wildman–Crippen MR) is 119 cm³/mol. The zero-order valence-corrected chi connectivity index (χ0v) is 18.3. The molecule has 2 heterocycles. The zero-order chi connectivity index (χ0) is 21.1. The van der Waals surface area contributed by atoms with Crippen molar-refractivity contribution in [2.75, 3.05) is 44.6 Å². The minimum atomic E-state index is -0.220. The minimum Gasteiger partial charge on any atom is -0.395 e. The van der Waals surface area contributed by atoms with Crippen LogP contribution in [0.4, 0.5) is 9.39 Å². The summed E-state index contributed by atoms with van der Waals surface area (Å²) in [6.45, 7) is 5.63. The predicted octanol–water partition coefficient (Wildman–Crippen LogP) is 3.42. The topological polar surface area (TPSA) is 55.8 Å². The summed E-state index contributed by atoms with van der Waals surface area (Å²) >= 11 is 1.67. The van der Waals surface area contributed by atoms with Crippen molar-refractivity contribution in [2.24, 2.45) is 0 Å². The number of carbonyl (C=O) groups excluding carboxylic acids is 1. The molecule has 1 amide bonds. The Bertz CT molecular complexity index is 893. The van der Waals surface area contributed by atoms with Gasteiger partial charge in [-0.25, -0.2) is 4.39 Å². The molecule has 0 spiro atoms. The smallest absolute Gasteiger partial charge is 0.221 e. The van der Waals surface area contributed by atoms with Crippen LogP contribution in [0.5, 0.6) is 0 Å². The number of hydrogen-bond acceptors (Lipinski definition) is 5. The average Bonchev–Trinajstić information content (AvgIpc) is 3.08. The van der Waals surface area contributed by atoms with Gasteiger partial charge >= 0.3 is 0 Å². The number of nitrogens with one attached hydrogen (secondary N) is 1. The van der Waals surface area contributed by atoms with E-state index in [1.165, 1.54) is 23.4 Å². The van der Waals surface area contributed by atoms with E-state index in [9.17, 15) is 9.90 Å². The molecule has 0 saturated carbocycles. The van der Waals surface area contributed by atoms with Gasteiger partial charge in [0.1, 0.15) is 10.8 Å². The number of fused-ring (bicyclic) bond motifs is 1. The Morgan fingerprint density at radius 1 is 1.20 bits per heavy atom. The number of piperazine rings is 1. The number of rotatable bonds is 6. The van der Waals surface area contributed by atoms with Crippen molar-refractivity contribution in [3.63, 3.8) is 0 Å². The number of aryl methyl sites for hydroxylation is 1. The molecule has 2 aliphatic rings. The fourth-order valence-electron chi connectivity index (χ4n) is 4.75. The Balaban J connectivity index is 1.78. The van der Waals surface area contributed by atoms with Gasteiger partial charge in [-0.1, -0.05) is 18.2 Å². The number of thiophene rings is 1. The number of aliphatic hydroxyl groups is 1. The van der Waals surface area contributed by atoms with Crippen molar-refractivity contribution in [1.29, 1.82) is 0 Å². The van der Waals surface area contributed by atoms with Crippen molar-refractivity contribution in [3.05, 3.63) is 51.7 Å². The van der Waals surface area contributed by atoms with E-state index in [4.69, 9.17) is 0 Å². The van der Waals surface area contributed by atoms with E-state index in [0.717, 1.165) is 62.4 Å². The van der Waals surface area contributed by atoms with Crippen LogP contribution in [0.25, 0.3) is 0 Å². The number of anilines is 1. The molecule has 1 fully saturated rings. The highest BCUT2D eigenvalue weighted by Crippen LogP contribution is 2.46. The SMILES string of the molecule is CC(=O)Nc1sc2c(c1C(c1ccccc1F)N1CCN(CCO)CC1)CCCC2. The van der Waals surface area contributed by atoms with Gasteiger partial charge in [-0.2, -0.15) is 0 Å². The van der Waals surface area contributed by atoms with Gasteiger partial charge in [-0.05, 0) is 37.3 Å². The first-order valence-corrected chi connectivity index (χ1v) is 11.6. The van der Waals surface area contributed by atoms with E-state index in [0.29, 0.717) is 12.1 Å². The second-order valence-corrected chi connectivity index (χ2v) is 9.27. The summed E-state index contributed by atoms with van der Waals surface area (Å²) in [6, 6.07) is 6.81. The van der Waals surface area contributed by atoms with Crippen LogP contribution in [0.2, 0.25) is 0 Å². The Morgan fingerprint density at radius 3 is 2.63 bits per heavy atom.